The van der Waals surface area contributed by atoms with Gasteiger partial charge in [0, 0.05) is 12.2 Å². The quantitative estimate of drug-likeness (QED) is 0.462. The number of benzene rings is 3. The Morgan fingerprint density at radius 3 is 2.21 bits per heavy atom. The van der Waals surface area contributed by atoms with E-state index in [1.54, 1.807) is 7.11 Å². The molecule has 0 heterocycles. The molecule has 28 heavy (non-hydrogen) atoms. The number of rotatable bonds is 9. The minimum Gasteiger partial charge on any atom is -0.497 e. The van der Waals surface area contributed by atoms with Gasteiger partial charge in [0.2, 0.25) is 0 Å². The van der Waals surface area contributed by atoms with E-state index in [4.69, 9.17) is 9.47 Å². The molecule has 3 rings (SSSR count). The molecule has 0 spiro atoms. The highest BCUT2D eigenvalue weighted by atomic mass is 16.5. The number of hydrogen-bond donors (Lipinski definition) is 1. The van der Waals surface area contributed by atoms with Crippen LogP contribution in [0.4, 0.5) is 5.69 Å². The molecule has 3 heteroatoms. The molecule has 0 aromatic heterocycles. The van der Waals surface area contributed by atoms with Crippen LogP contribution in [0.15, 0.2) is 60.7 Å². The van der Waals surface area contributed by atoms with Crippen molar-refractivity contribution in [2.24, 2.45) is 5.92 Å². The second kappa shape index (κ2) is 9.50. The van der Waals surface area contributed by atoms with E-state index in [1.165, 1.54) is 16.3 Å². The number of hydrogen-bond acceptors (Lipinski definition) is 3. The highest BCUT2D eigenvalue weighted by Crippen LogP contribution is 2.25. The highest BCUT2D eigenvalue weighted by Gasteiger charge is 2.07. The minimum atomic E-state index is 0.411. The topological polar surface area (TPSA) is 30.5 Å². The van der Waals surface area contributed by atoms with Crippen molar-refractivity contribution in [2.45, 2.75) is 33.1 Å². The predicted octanol–water partition coefficient (Wildman–Crippen LogP) is 6.49. The number of anilines is 1. The second-order valence-electron chi connectivity index (χ2n) is 7.81. The van der Waals surface area contributed by atoms with E-state index in [9.17, 15) is 0 Å². The summed E-state index contributed by atoms with van der Waals surface area (Å²) in [7, 11) is 1.70. The molecule has 1 N–H and O–H groups in total. The van der Waals surface area contributed by atoms with Crippen LogP contribution in [0, 0.1) is 5.92 Å². The van der Waals surface area contributed by atoms with Crippen molar-refractivity contribution in [3.63, 3.8) is 0 Å². The third-order valence-corrected chi connectivity index (χ3v) is 5.07. The zero-order chi connectivity index (χ0) is 19.9. The van der Waals surface area contributed by atoms with Crippen LogP contribution in [0.2, 0.25) is 0 Å². The van der Waals surface area contributed by atoms with Crippen LogP contribution in [-0.2, 0) is 0 Å². The van der Waals surface area contributed by atoms with Gasteiger partial charge in [-0.1, -0.05) is 45.0 Å². The summed E-state index contributed by atoms with van der Waals surface area (Å²) in [6.07, 6.45) is 1.08. The van der Waals surface area contributed by atoms with Gasteiger partial charge in [-0.15, -0.1) is 0 Å². The lowest BCUT2D eigenvalue weighted by atomic mass is 9.97. The summed E-state index contributed by atoms with van der Waals surface area (Å²) in [5.74, 6) is 2.91. The third-order valence-electron chi connectivity index (χ3n) is 5.07. The summed E-state index contributed by atoms with van der Waals surface area (Å²) in [5, 5.41) is 5.98. The lowest BCUT2D eigenvalue weighted by molar-refractivity contribution is 0.289. The van der Waals surface area contributed by atoms with E-state index in [0.29, 0.717) is 11.8 Å². The molecule has 1 atom stereocenters. The average molecular weight is 378 g/mol. The highest BCUT2D eigenvalue weighted by molar-refractivity contribution is 5.84. The van der Waals surface area contributed by atoms with Gasteiger partial charge >= 0.3 is 0 Å². The minimum absolute atomic E-state index is 0.411. The first kappa shape index (κ1) is 20.1. The molecule has 0 aliphatic carbocycles. The first-order chi connectivity index (χ1) is 13.5. The van der Waals surface area contributed by atoms with Crippen molar-refractivity contribution in [1.29, 1.82) is 0 Å². The van der Waals surface area contributed by atoms with E-state index in [2.05, 4.69) is 68.6 Å². The van der Waals surface area contributed by atoms with Gasteiger partial charge in [0.05, 0.1) is 13.7 Å². The smallest absolute Gasteiger partial charge is 0.119 e. The maximum atomic E-state index is 5.79. The van der Waals surface area contributed by atoms with Crippen molar-refractivity contribution >= 4 is 16.5 Å². The molecule has 0 aliphatic heterocycles. The van der Waals surface area contributed by atoms with E-state index in [-0.39, 0.29) is 0 Å². The molecule has 1 unspecified atom stereocenters. The fourth-order valence-electron chi connectivity index (χ4n) is 3.15. The first-order valence-corrected chi connectivity index (χ1v) is 10.1. The Balaban J connectivity index is 1.56. The zero-order valence-electron chi connectivity index (χ0n) is 17.4. The van der Waals surface area contributed by atoms with Gasteiger partial charge in [0.1, 0.15) is 11.5 Å². The number of fused-ring (bicyclic) bond motifs is 1. The normalized spacial score (nSPS) is 12.2. The number of nitrogens with one attached hydrogen (secondary N) is 1. The van der Waals surface area contributed by atoms with Crippen molar-refractivity contribution in [1.82, 2.24) is 0 Å². The summed E-state index contributed by atoms with van der Waals surface area (Å²) in [4.78, 5) is 0. The van der Waals surface area contributed by atoms with Crippen LogP contribution in [0.3, 0.4) is 0 Å². The van der Waals surface area contributed by atoms with Gasteiger partial charge in [0.25, 0.3) is 0 Å². The Morgan fingerprint density at radius 2 is 1.50 bits per heavy atom. The largest absolute Gasteiger partial charge is 0.497 e. The Kier molecular flexibility index (Phi) is 6.80. The molecule has 3 nitrogen and oxygen atoms in total. The summed E-state index contributed by atoms with van der Waals surface area (Å²) < 4.78 is 11.1. The SMILES string of the molecule is COc1ccc2cc(C(C)CNc3ccc(OCCC(C)C)cc3)ccc2c1. The van der Waals surface area contributed by atoms with Crippen LogP contribution in [0.25, 0.3) is 10.8 Å². The first-order valence-electron chi connectivity index (χ1n) is 10.1. The van der Waals surface area contributed by atoms with Crippen LogP contribution < -0.4 is 14.8 Å². The van der Waals surface area contributed by atoms with Gasteiger partial charge < -0.3 is 14.8 Å². The lowest BCUT2D eigenvalue weighted by Gasteiger charge is -2.15. The van der Waals surface area contributed by atoms with Gasteiger partial charge in [-0.2, -0.15) is 0 Å². The van der Waals surface area contributed by atoms with E-state index < -0.39 is 0 Å². The van der Waals surface area contributed by atoms with Crippen LogP contribution in [0.5, 0.6) is 11.5 Å². The second-order valence-corrected chi connectivity index (χ2v) is 7.81. The van der Waals surface area contributed by atoms with Crippen LogP contribution in [-0.4, -0.2) is 20.3 Å². The summed E-state index contributed by atoms with van der Waals surface area (Å²) in [6, 6.07) is 21.1. The molecule has 3 aromatic rings. The molecule has 0 saturated heterocycles. The molecule has 148 valence electrons. The molecule has 0 amide bonds. The number of methoxy groups -OCH3 is 1. The molecule has 0 saturated carbocycles. The molecule has 3 aromatic carbocycles. The fourth-order valence-corrected chi connectivity index (χ4v) is 3.15. The molecular weight excluding hydrogens is 346 g/mol. The average Bonchev–Trinajstić information content (AvgIpc) is 2.71. The van der Waals surface area contributed by atoms with Gasteiger partial charge in [-0.25, -0.2) is 0 Å². The summed E-state index contributed by atoms with van der Waals surface area (Å²) in [6.45, 7) is 8.33. The standard InChI is InChI=1S/C25H31NO2/c1-18(2)13-14-28-24-11-8-23(9-12-24)26-17-19(3)20-5-6-22-16-25(27-4)10-7-21(22)15-20/h5-12,15-16,18-19,26H,13-14,17H2,1-4H3. The van der Waals surface area contributed by atoms with E-state index in [0.717, 1.165) is 36.8 Å². The van der Waals surface area contributed by atoms with Crippen molar-refractivity contribution in [3.8, 4) is 11.5 Å². The van der Waals surface area contributed by atoms with Crippen LogP contribution >= 0.6 is 0 Å². The Hall–Kier alpha value is -2.68. The van der Waals surface area contributed by atoms with Crippen LogP contribution in [0.1, 0.15) is 38.7 Å². The van der Waals surface area contributed by atoms with Gasteiger partial charge in [0.15, 0.2) is 0 Å². The van der Waals surface area contributed by atoms with Gasteiger partial charge in [-0.05, 0) is 71.0 Å². The molecular formula is C25H31NO2. The zero-order valence-corrected chi connectivity index (χ0v) is 17.4. The Bertz CT molecular complexity index is 887. The third kappa shape index (κ3) is 5.41. The molecule has 0 bridgehead atoms. The maximum Gasteiger partial charge on any atom is 0.119 e. The fraction of sp³-hybridized carbons (Fsp3) is 0.360. The predicted molar refractivity (Wildman–Crippen MR) is 119 cm³/mol. The summed E-state index contributed by atoms with van der Waals surface area (Å²) in [5.41, 5.74) is 2.45. The lowest BCUT2D eigenvalue weighted by Crippen LogP contribution is -2.09. The van der Waals surface area contributed by atoms with Gasteiger partial charge in [-0.3, -0.25) is 0 Å². The monoisotopic (exact) mass is 377 g/mol. The molecule has 0 radical (unpaired) electrons. The van der Waals surface area contributed by atoms with E-state index >= 15 is 0 Å². The molecule has 0 fully saturated rings. The summed E-state index contributed by atoms with van der Waals surface area (Å²) >= 11 is 0. The maximum absolute atomic E-state index is 5.79. The molecule has 0 aliphatic rings. The Morgan fingerprint density at radius 1 is 0.821 bits per heavy atom. The van der Waals surface area contributed by atoms with E-state index in [1.807, 2.05) is 18.2 Å². The number of ether oxygens (including phenoxy) is 2. The van der Waals surface area contributed by atoms with Crippen molar-refractivity contribution < 1.29 is 9.47 Å². The Labute approximate surface area is 168 Å². The van der Waals surface area contributed by atoms with Crippen molar-refractivity contribution in [3.05, 3.63) is 66.2 Å². The van der Waals surface area contributed by atoms with Crippen molar-refractivity contribution in [2.75, 3.05) is 25.6 Å².